The Morgan fingerprint density at radius 2 is 1.65 bits per heavy atom. The summed E-state index contributed by atoms with van der Waals surface area (Å²) in [6.07, 6.45) is 4.32. The molecule has 1 aromatic heterocycles. The zero-order chi connectivity index (χ0) is 21.6. The van der Waals surface area contributed by atoms with Crippen molar-refractivity contribution in [2.75, 3.05) is 33.3 Å². The van der Waals surface area contributed by atoms with Crippen LogP contribution in [-0.2, 0) is 22.4 Å². The molecule has 3 aromatic rings. The van der Waals surface area contributed by atoms with Crippen molar-refractivity contribution in [3.8, 4) is 5.75 Å². The molecule has 4 rings (SSSR count). The first-order chi connectivity index (χ1) is 15.1. The van der Waals surface area contributed by atoms with Gasteiger partial charge < -0.3 is 19.5 Å². The van der Waals surface area contributed by atoms with E-state index < -0.39 is 0 Å². The SMILES string of the molecule is COc1ccc(CCC(=O)N2CCCN(C(=O)Cc3c[nH]c4ccccc34)CC2)cc1. The Bertz CT molecular complexity index is 1040. The Labute approximate surface area is 182 Å². The highest BCUT2D eigenvalue weighted by molar-refractivity contribution is 5.89. The van der Waals surface area contributed by atoms with Gasteiger partial charge in [-0.15, -0.1) is 0 Å². The van der Waals surface area contributed by atoms with Crippen LogP contribution >= 0.6 is 0 Å². The van der Waals surface area contributed by atoms with Crippen molar-refractivity contribution in [1.29, 1.82) is 0 Å². The number of H-pyrrole nitrogens is 1. The number of aromatic amines is 1. The number of fused-ring (bicyclic) bond motifs is 1. The molecule has 0 saturated carbocycles. The number of benzene rings is 2. The standard InChI is InChI=1S/C25H29N3O3/c1-31-21-10-7-19(8-11-21)9-12-24(29)27-13-4-14-28(16-15-27)25(30)17-20-18-26-23-6-3-2-5-22(20)23/h2-3,5-8,10-11,18,26H,4,9,12-17H2,1H3. The molecule has 2 amide bonds. The fourth-order valence-corrected chi connectivity index (χ4v) is 4.17. The quantitative estimate of drug-likeness (QED) is 0.666. The molecule has 0 unspecified atom stereocenters. The Kier molecular flexibility index (Phi) is 6.55. The zero-order valence-corrected chi connectivity index (χ0v) is 18.0. The van der Waals surface area contributed by atoms with Crippen molar-refractivity contribution in [2.24, 2.45) is 0 Å². The van der Waals surface area contributed by atoms with Gasteiger partial charge >= 0.3 is 0 Å². The number of rotatable bonds is 6. The highest BCUT2D eigenvalue weighted by atomic mass is 16.5. The number of ether oxygens (including phenoxy) is 1. The summed E-state index contributed by atoms with van der Waals surface area (Å²) in [5.41, 5.74) is 3.20. The summed E-state index contributed by atoms with van der Waals surface area (Å²) in [4.78, 5) is 32.7. The lowest BCUT2D eigenvalue weighted by Crippen LogP contribution is -2.38. The predicted octanol–water partition coefficient (Wildman–Crippen LogP) is 3.41. The number of amides is 2. The van der Waals surface area contributed by atoms with Crippen LogP contribution in [0.2, 0.25) is 0 Å². The number of aryl methyl sites for hydroxylation is 1. The fraction of sp³-hybridized carbons (Fsp3) is 0.360. The fourth-order valence-electron chi connectivity index (χ4n) is 4.17. The van der Waals surface area contributed by atoms with Gasteiger partial charge in [-0.1, -0.05) is 30.3 Å². The molecule has 6 nitrogen and oxygen atoms in total. The minimum atomic E-state index is 0.122. The summed E-state index contributed by atoms with van der Waals surface area (Å²) in [6.45, 7) is 2.60. The molecule has 0 bridgehead atoms. The topological polar surface area (TPSA) is 65.6 Å². The molecule has 0 spiro atoms. The molecule has 0 atom stereocenters. The number of nitrogens with one attached hydrogen (secondary N) is 1. The first-order valence-corrected chi connectivity index (χ1v) is 10.9. The number of nitrogens with zero attached hydrogens (tertiary/aromatic N) is 2. The minimum absolute atomic E-state index is 0.122. The maximum atomic E-state index is 12.9. The average Bonchev–Trinajstić information content (AvgIpc) is 3.04. The van der Waals surface area contributed by atoms with Crippen molar-refractivity contribution >= 4 is 22.7 Å². The largest absolute Gasteiger partial charge is 0.497 e. The maximum Gasteiger partial charge on any atom is 0.227 e. The average molecular weight is 420 g/mol. The van der Waals surface area contributed by atoms with E-state index in [1.165, 1.54) is 0 Å². The molecule has 162 valence electrons. The van der Waals surface area contributed by atoms with Crippen LogP contribution in [0.4, 0.5) is 0 Å². The Balaban J connectivity index is 1.29. The number of methoxy groups -OCH3 is 1. The van der Waals surface area contributed by atoms with Crippen molar-refractivity contribution in [2.45, 2.75) is 25.7 Å². The lowest BCUT2D eigenvalue weighted by Gasteiger charge is -2.22. The van der Waals surface area contributed by atoms with E-state index in [1.807, 2.05) is 64.5 Å². The van der Waals surface area contributed by atoms with E-state index in [4.69, 9.17) is 4.74 Å². The third-order valence-corrected chi connectivity index (χ3v) is 6.00. The van der Waals surface area contributed by atoms with Gasteiger partial charge in [0, 0.05) is 49.7 Å². The molecule has 1 aliphatic heterocycles. The van der Waals surface area contributed by atoms with Crippen LogP contribution in [0.5, 0.6) is 5.75 Å². The number of aromatic nitrogens is 1. The van der Waals surface area contributed by atoms with Crippen LogP contribution in [-0.4, -0.2) is 59.9 Å². The number of hydrogen-bond acceptors (Lipinski definition) is 3. The molecular formula is C25H29N3O3. The Morgan fingerprint density at radius 1 is 0.935 bits per heavy atom. The zero-order valence-electron chi connectivity index (χ0n) is 18.0. The van der Waals surface area contributed by atoms with Gasteiger partial charge in [0.1, 0.15) is 5.75 Å². The molecule has 0 aliphatic carbocycles. The van der Waals surface area contributed by atoms with Gasteiger partial charge in [-0.05, 0) is 42.2 Å². The molecule has 1 fully saturated rings. The number of carbonyl (C=O) groups is 2. The van der Waals surface area contributed by atoms with Crippen molar-refractivity contribution in [1.82, 2.24) is 14.8 Å². The Morgan fingerprint density at radius 3 is 2.39 bits per heavy atom. The summed E-state index contributed by atoms with van der Waals surface area (Å²) in [7, 11) is 1.65. The summed E-state index contributed by atoms with van der Waals surface area (Å²) in [5, 5.41) is 1.10. The van der Waals surface area contributed by atoms with Crippen LogP contribution in [0.15, 0.2) is 54.7 Å². The van der Waals surface area contributed by atoms with Gasteiger partial charge in [0.15, 0.2) is 0 Å². The summed E-state index contributed by atoms with van der Waals surface area (Å²) >= 11 is 0. The second kappa shape index (κ2) is 9.69. The lowest BCUT2D eigenvalue weighted by molar-refractivity contribution is -0.133. The number of hydrogen-bond donors (Lipinski definition) is 1. The monoisotopic (exact) mass is 419 g/mol. The summed E-state index contributed by atoms with van der Waals surface area (Å²) < 4.78 is 5.18. The van der Waals surface area contributed by atoms with Crippen LogP contribution in [0.25, 0.3) is 10.9 Å². The number of para-hydroxylation sites is 1. The molecule has 6 heteroatoms. The van der Waals surface area contributed by atoms with E-state index in [0.717, 1.165) is 34.2 Å². The van der Waals surface area contributed by atoms with Gasteiger partial charge in [-0.2, -0.15) is 0 Å². The Hall–Kier alpha value is -3.28. The van der Waals surface area contributed by atoms with E-state index in [9.17, 15) is 9.59 Å². The molecule has 0 radical (unpaired) electrons. The first kappa shape index (κ1) is 21.0. The predicted molar refractivity (Wildman–Crippen MR) is 121 cm³/mol. The second-order valence-electron chi connectivity index (χ2n) is 8.00. The molecule has 1 saturated heterocycles. The van der Waals surface area contributed by atoms with Crippen LogP contribution in [0.1, 0.15) is 24.0 Å². The molecule has 2 heterocycles. The smallest absolute Gasteiger partial charge is 0.227 e. The second-order valence-corrected chi connectivity index (χ2v) is 8.00. The normalized spacial score (nSPS) is 14.5. The highest BCUT2D eigenvalue weighted by Crippen LogP contribution is 2.19. The van der Waals surface area contributed by atoms with Gasteiger partial charge in [0.2, 0.25) is 11.8 Å². The van der Waals surface area contributed by atoms with E-state index in [-0.39, 0.29) is 11.8 Å². The summed E-state index contributed by atoms with van der Waals surface area (Å²) in [6, 6.07) is 15.9. The van der Waals surface area contributed by atoms with Crippen LogP contribution < -0.4 is 4.74 Å². The van der Waals surface area contributed by atoms with Crippen LogP contribution in [0, 0.1) is 0 Å². The summed E-state index contributed by atoms with van der Waals surface area (Å²) in [5.74, 6) is 1.10. The van der Waals surface area contributed by atoms with E-state index in [1.54, 1.807) is 7.11 Å². The molecular weight excluding hydrogens is 390 g/mol. The molecule has 1 aliphatic rings. The van der Waals surface area contributed by atoms with Gasteiger partial charge in [0.05, 0.1) is 13.5 Å². The van der Waals surface area contributed by atoms with Crippen molar-refractivity contribution in [3.05, 3.63) is 65.9 Å². The third-order valence-electron chi connectivity index (χ3n) is 6.00. The number of carbonyl (C=O) groups excluding carboxylic acids is 2. The van der Waals surface area contributed by atoms with Crippen molar-refractivity contribution in [3.63, 3.8) is 0 Å². The first-order valence-electron chi connectivity index (χ1n) is 10.9. The van der Waals surface area contributed by atoms with Crippen LogP contribution in [0.3, 0.4) is 0 Å². The third kappa shape index (κ3) is 5.08. The molecule has 2 aromatic carbocycles. The van der Waals surface area contributed by atoms with E-state index in [2.05, 4.69) is 4.98 Å². The van der Waals surface area contributed by atoms with Crippen molar-refractivity contribution < 1.29 is 14.3 Å². The lowest BCUT2D eigenvalue weighted by atomic mass is 10.1. The molecule has 1 N–H and O–H groups in total. The minimum Gasteiger partial charge on any atom is -0.497 e. The van der Waals surface area contributed by atoms with E-state index >= 15 is 0 Å². The molecule has 31 heavy (non-hydrogen) atoms. The van der Waals surface area contributed by atoms with Gasteiger partial charge in [-0.3, -0.25) is 9.59 Å². The van der Waals surface area contributed by atoms with Gasteiger partial charge in [0.25, 0.3) is 0 Å². The highest BCUT2D eigenvalue weighted by Gasteiger charge is 2.22. The van der Waals surface area contributed by atoms with E-state index in [0.29, 0.717) is 45.4 Å². The maximum absolute atomic E-state index is 12.9. The van der Waals surface area contributed by atoms with Gasteiger partial charge in [-0.25, -0.2) is 0 Å².